The van der Waals surface area contributed by atoms with E-state index in [-0.39, 0.29) is 5.91 Å². The van der Waals surface area contributed by atoms with Gasteiger partial charge in [0.25, 0.3) is 5.91 Å². The van der Waals surface area contributed by atoms with Gasteiger partial charge in [-0.2, -0.15) is 4.80 Å². The molecule has 1 heterocycles. The molecule has 3 aromatic carbocycles. The predicted molar refractivity (Wildman–Crippen MR) is 128 cm³/mol. The second-order valence-corrected chi connectivity index (χ2v) is 8.03. The summed E-state index contributed by atoms with van der Waals surface area (Å²) in [5, 5.41) is 12.3. The molecule has 0 saturated carbocycles. The average Bonchev–Trinajstić information content (AvgIpc) is 3.20. The zero-order valence-corrected chi connectivity index (χ0v) is 19.0. The second-order valence-electron chi connectivity index (χ2n) is 8.03. The van der Waals surface area contributed by atoms with Crippen LogP contribution in [0.5, 0.6) is 5.75 Å². The quantitative estimate of drug-likeness (QED) is 0.413. The number of unbranched alkanes of at least 4 members (excludes halogenated alkanes) is 1. The number of nitrogens with one attached hydrogen (secondary N) is 1. The highest BCUT2D eigenvalue weighted by Gasteiger charge is 2.16. The summed E-state index contributed by atoms with van der Waals surface area (Å²) in [4.78, 5) is 14.6. The Morgan fingerprint density at radius 2 is 1.72 bits per heavy atom. The maximum atomic E-state index is 12.9. The molecule has 164 valence electrons. The number of anilines is 1. The Bertz CT molecular complexity index is 1260. The normalized spacial score (nSPS) is 11.0. The van der Waals surface area contributed by atoms with Crippen LogP contribution in [0.4, 0.5) is 5.69 Å². The molecular weight excluding hydrogens is 400 g/mol. The third-order valence-electron chi connectivity index (χ3n) is 5.62. The zero-order chi connectivity index (χ0) is 22.7. The summed E-state index contributed by atoms with van der Waals surface area (Å²) in [6, 6.07) is 17.7. The van der Waals surface area contributed by atoms with Crippen LogP contribution < -0.4 is 10.1 Å². The molecule has 1 N–H and O–H groups in total. The molecule has 1 aromatic heterocycles. The van der Waals surface area contributed by atoms with Crippen LogP contribution in [0.15, 0.2) is 54.6 Å². The highest BCUT2D eigenvalue weighted by molar-refractivity contribution is 6.07. The van der Waals surface area contributed by atoms with E-state index in [0.29, 0.717) is 17.0 Å². The van der Waals surface area contributed by atoms with Crippen molar-refractivity contribution in [3.8, 4) is 11.4 Å². The first-order valence-electron chi connectivity index (χ1n) is 10.9. The number of nitrogens with zero attached hydrogens (tertiary/aromatic N) is 3. The molecule has 0 atom stereocenters. The molecule has 0 bridgehead atoms. The van der Waals surface area contributed by atoms with Crippen molar-refractivity contribution < 1.29 is 9.53 Å². The number of benzene rings is 3. The number of methoxy groups -OCH3 is 1. The lowest BCUT2D eigenvalue weighted by molar-refractivity contribution is 0.102. The van der Waals surface area contributed by atoms with Gasteiger partial charge in [-0.15, -0.1) is 10.2 Å². The lowest BCUT2D eigenvalue weighted by Gasteiger charge is -2.12. The number of aromatic nitrogens is 3. The number of para-hydroxylation sites is 1. The maximum absolute atomic E-state index is 12.9. The van der Waals surface area contributed by atoms with E-state index in [0.717, 1.165) is 34.3 Å². The molecule has 32 heavy (non-hydrogen) atoms. The number of carbonyl (C=O) groups excluding carboxylic acids is 1. The third-order valence-corrected chi connectivity index (χ3v) is 5.62. The van der Waals surface area contributed by atoms with Crippen molar-refractivity contribution in [3.05, 3.63) is 76.9 Å². The molecule has 4 rings (SSSR count). The number of aryl methyl sites for hydroxylation is 3. The van der Waals surface area contributed by atoms with Gasteiger partial charge in [-0.1, -0.05) is 37.6 Å². The Morgan fingerprint density at radius 1 is 1.00 bits per heavy atom. The van der Waals surface area contributed by atoms with E-state index < -0.39 is 0 Å². The van der Waals surface area contributed by atoms with Gasteiger partial charge in [0.15, 0.2) is 0 Å². The Morgan fingerprint density at radius 3 is 2.41 bits per heavy atom. The summed E-state index contributed by atoms with van der Waals surface area (Å²) >= 11 is 0. The van der Waals surface area contributed by atoms with E-state index in [9.17, 15) is 4.79 Å². The molecule has 0 spiro atoms. The van der Waals surface area contributed by atoms with Crippen LogP contribution in [0, 0.1) is 13.8 Å². The smallest absolute Gasteiger partial charge is 0.259 e. The number of fused-ring (bicyclic) bond motifs is 1. The molecule has 6 heteroatoms. The minimum atomic E-state index is -0.219. The van der Waals surface area contributed by atoms with Gasteiger partial charge >= 0.3 is 0 Å². The SMILES string of the molecule is CCCCc1ccc(-n2nc3cc(C)c(NC(=O)c4cccc(C)c4OC)cc3n2)cc1. The van der Waals surface area contributed by atoms with Crippen molar-refractivity contribution >= 4 is 22.6 Å². The Kier molecular flexibility index (Phi) is 6.21. The highest BCUT2D eigenvalue weighted by atomic mass is 16.5. The topological polar surface area (TPSA) is 69.0 Å². The summed E-state index contributed by atoms with van der Waals surface area (Å²) in [5.41, 5.74) is 6.76. The summed E-state index contributed by atoms with van der Waals surface area (Å²) in [6.45, 7) is 6.06. The first-order valence-corrected chi connectivity index (χ1v) is 10.9. The van der Waals surface area contributed by atoms with Gasteiger partial charge in [0.2, 0.25) is 0 Å². The fraction of sp³-hybridized carbons (Fsp3) is 0.269. The van der Waals surface area contributed by atoms with Crippen LogP contribution in [0.2, 0.25) is 0 Å². The van der Waals surface area contributed by atoms with E-state index in [1.54, 1.807) is 18.0 Å². The van der Waals surface area contributed by atoms with Crippen LogP contribution in [-0.4, -0.2) is 28.0 Å². The molecule has 0 aliphatic heterocycles. The van der Waals surface area contributed by atoms with Crippen LogP contribution >= 0.6 is 0 Å². The number of carbonyl (C=O) groups is 1. The van der Waals surface area contributed by atoms with Crippen molar-refractivity contribution in [3.63, 3.8) is 0 Å². The van der Waals surface area contributed by atoms with Crippen LogP contribution in [-0.2, 0) is 6.42 Å². The summed E-state index contributed by atoms with van der Waals surface area (Å²) < 4.78 is 5.43. The second kappa shape index (κ2) is 9.22. The molecule has 4 aromatic rings. The van der Waals surface area contributed by atoms with Gasteiger partial charge in [0.05, 0.1) is 18.4 Å². The molecule has 1 amide bonds. The number of amides is 1. The standard InChI is InChI=1S/C26H28N4O2/c1-5-6-9-19-11-13-20(14-12-19)30-28-23-15-18(3)22(16-24(23)29-30)27-26(31)21-10-7-8-17(2)25(21)32-4/h7-8,10-16H,5-6,9H2,1-4H3,(H,27,31). The van der Waals surface area contributed by atoms with Gasteiger partial charge in [0.1, 0.15) is 16.8 Å². The summed E-state index contributed by atoms with van der Waals surface area (Å²) in [6.07, 6.45) is 3.45. The molecule has 0 unspecified atom stereocenters. The molecule has 0 aliphatic rings. The van der Waals surface area contributed by atoms with Crippen LogP contribution in [0.3, 0.4) is 0 Å². The first kappa shape index (κ1) is 21.6. The van der Waals surface area contributed by atoms with E-state index in [4.69, 9.17) is 4.74 Å². The van der Waals surface area contributed by atoms with Gasteiger partial charge in [0, 0.05) is 5.69 Å². The molecule has 0 aliphatic carbocycles. The Balaban J connectivity index is 1.60. The van der Waals surface area contributed by atoms with Crippen molar-refractivity contribution in [1.82, 2.24) is 15.0 Å². The van der Waals surface area contributed by atoms with Crippen LogP contribution in [0.25, 0.3) is 16.7 Å². The van der Waals surface area contributed by atoms with Crippen molar-refractivity contribution in [2.24, 2.45) is 0 Å². The number of rotatable bonds is 7. The average molecular weight is 429 g/mol. The molecular formula is C26H28N4O2. The minimum absolute atomic E-state index is 0.219. The third kappa shape index (κ3) is 4.35. The number of hydrogen-bond donors (Lipinski definition) is 1. The van der Waals surface area contributed by atoms with E-state index in [1.807, 2.05) is 50.2 Å². The molecule has 0 fully saturated rings. The first-order chi connectivity index (χ1) is 15.5. The predicted octanol–water partition coefficient (Wildman–Crippen LogP) is 5.64. The van der Waals surface area contributed by atoms with Gasteiger partial charge in [-0.3, -0.25) is 4.79 Å². The fourth-order valence-corrected chi connectivity index (χ4v) is 3.79. The van der Waals surface area contributed by atoms with E-state index >= 15 is 0 Å². The van der Waals surface area contributed by atoms with Crippen LogP contribution in [0.1, 0.15) is 46.8 Å². The number of ether oxygens (including phenoxy) is 1. The van der Waals surface area contributed by atoms with Gasteiger partial charge in [-0.25, -0.2) is 0 Å². The molecule has 0 saturated heterocycles. The summed E-state index contributed by atoms with van der Waals surface area (Å²) in [7, 11) is 1.57. The Hall–Kier alpha value is -3.67. The van der Waals surface area contributed by atoms with Crippen molar-refractivity contribution in [1.29, 1.82) is 0 Å². The van der Waals surface area contributed by atoms with Crippen molar-refractivity contribution in [2.75, 3.05) is 12.4 Å². The monoisotopic (exact) mass is 428 g/mol. The molecule has 6 nitrogen and oxygen atoms in total. The lowest BCUT2D eigenvalue weighted by Crippen LogP contribution is -2.14. The lowest BCUT2D eigenvalue weighted by atomic mass is 10.1. The maximum Gasteiger partial charge on any atom is 0.259 e. The Labute approximate surface area is 188 Å². The van der Waals surface area contributed by atoms with E-state index in [2.05, 4.69) is 34.6 Å². The largest absolute Gasteiger partial charge is 0.496 e. The highest BCUT2D eigenvalue weighted by Crippen LogP contribution is 2.26. The van der Waals surface area contributed by atoms with Crippen molar-refractivity contribution in [2.45, 2.75) is 40.0 Å². The van der Waals surface area contributed by atoms with Gasteiger partial charge in [-0.05, 0) is 73.7 Å². The number of hydrogen-bond acceptors (Lipinski definition) is 4. The molecule has 0 radical (unpaired) electrons. The fourth-order valence-electron chi connectivity index (χ4n) is 3.79. The summed E-state index contributed by atoms with van der Waals surface area (Å²) in [5.74, 6) is 0.361. The zero-order valence-electron chi connectivity index (χ0n) is 19.0. The van der Waals surface area contributed by atoms with Gasteiger partial charge < -0.3 is 10.1 Å². The minimum Gasteiger partial charge on any atom is -0.496 e. The van der Waals surface area contributed by atoms with E-state index in [1.165, 1.54) is 18.4 Å².